The van der Waals surface area contributed by atoms with Gasteiger partial charge in [-0.2, -0.15) is 0 Å². The van der Waals surface area contributed by atoms with Crippen molar-refractivity contribution in [2.75, 3.05) is 124 Å². The predicted octanol–water partition coefficient (Wildman–Crippen LogP) is 6.29. The van der Waals surface area contributed by atoms with Gasteiger partial charge in [0.2, 0.25) is 0 Å². The van der Waals surface area contributed by atoms with Gasteiger partial charge in [0.05, 0.1) is 5.56 Å². The highest BCUT2D eigenvalue weighted by molar-refractivity contribution is 5.90. The number of rotatable bonds is 43. The van der Waals surface area contributed by atoms with E-state index in [9.17, 15) is 47.9 Å². The number of carbonyl (C=O) groups excluding carboxylic acids is 10. The Labute approximate surface area is 485 Å². The van der Waals surface area contributed by atoms with Crippen molar-refractivity contribution in [3.63, 3.8) is 0 Å². The van der Waals surface area contributed by atoms with Crippen LogP contribution < -0.4 is 36.8 Å². The van der Waals surface area contributed by atoms with E-state index in [-0.39, 0.29) is 81.6 Å². The van der Waals surface area contributed by atoms with Gasteiger partial charge in [0.15, 0.2) is 0 Å². The molecular weight excluding hydrogens is 1090 g/mol. The van der Waals surface area contributed by atoms with Crippen molar-refractivity contribution in [1.29, 1.82) is 0 Å². The van der Waals surface area contributed by atoms with Gasteiger partial charge in [-0.25, -0.2) is 47.9 Å². The third-order valence-corrected chi connectivity index (χ3v) is 11.3. The first-order valence-corrected chi connectivity index (χ1v) is 27.5. The second-order valence-electron chi connectivity index (χ2n) is 19.2. The molecule has 0 aliphatic heterocycles. The fraction of sp³-hybridized carbons (Fsp3) is 0.607. The molecule has 466 valence electrons. The van der Waals surface area contributed by atoms with Crippen molar-refractivity contribution in [2.24, 2.45) is 5.41 Å². The molecule has 1 rings (SSSR count). The van der Waals surface area contributed by atoms with E-state index in [4.69, 9.17) is 47.4 Å². The van der Waals surface area contributed by atoms with Crippen LogP contribution in [0.1, 0.15) is 108 Å². The number of hydrogen-bond donors (Lipinski definition) is 6. The number of esters is 4. The van der Waals surface area contributed by atoms with Gasteiger partial charge in [-0.05, 0) is 83.6 Å². The Morgan fingerprint density at radius 1 is 0.361 bits per heavy atom. The van der Waals surface area contributed by atoms with Crippen molar-refractivity contribution in [3.05, 3.63) is 66.3 Å². The number of nitrogens with one attached hydrogen (secondary N) is 6. The average Bonchev–Trinajstić information content (AvgIpc) is 3.60. The summed E-state index contributed by atoms with van der Waals surface area (Å²) in [5.41, 5.74) is 0.0842. The molecule has 0 aliphatic carbocycles. The van der Waals surface area contributed by atoms with Crippen molar-refractivity contribution in [1.82, 2.24) is 31.9 Å². The summed E-state index contributed by atoms with van der Waals surface area (Å²) in [6, 6.07) is 6.57. The molecule has 0 saturated heterocycles. The van der Waals surface area contributed by atoms with Gasteiger partial charge in [-0.15, -0.1) is 0 Å². The van der Waals surface area contributed by atoms with Crippen LogP contribution >= 0.6 is 0 Å². The topological polar surface area (TPSA) is 338 Å². The van der Waals surface area contributed by atoms with Crippen LogP contribution in [-0.2, 0) is 61.8 Å². The van der Waals surface area contributed by atoms with E-state index in [0.717, 1.165) is 5.69 Å². The van der Waals surface area contributed by atoms with E-state index in [1.165, 1.54) is 20.8 Å². The summed E-state index contributed by atoms with van der Waals surface area (Å²) >= 11 is 0. The van der Waals surface area contributed by atoms with Crippen molar-refractivity contribution in [3.8, 4) is 0 Å². The van der Waals surface area contributed by atoms with E-state index in [1.54, 1.807) is 24.3 Å². The van der Waals surface area contributed by atoms with Crippen LogP contribution in [0.5, 0.6) is 0 Å². The van der Waals surface area contributed by atoms with Crippen LogP contribution in [0.2, 0.25) is 0 Å². The lowest BCUT2D eigenvalue weighted by Gasteiger charge is -2.31. The average molecular weight is 1180 g/mol. The third-order valence-electron chi connectivity index (χ3n) is 11.3. The summed E-state index contributed by atoms with van der Waals surface area (Å²) in [7, 11) is 3.68. The molecule has 0 radical (unpaired) electrons. The highest BCUT2D eigenvalue weighted by Gasteiger charge is 2.38. The Balaban J connectivity index is 2.90. The second-order valence-corrected chi connectivity index (χ2v) is 19.2. The molecule has 1 aromatic carbocycles. The van der Waals surface area contributed by atoms with Gasteiger partial charge in [0.25, 0.3) is 0 Å². The number of anilines is 1. The van der Waals surface area contributed by atoms with Crippen LogP contribution in [-0.4, -0.2) is 180 Å². The zero-order valence-electron chi connectivity index (χ0n) is 48.8. The van der Waals surface area contributed by atoms with Gasteiger partial charge in [-0.3, -0.25) is 0 Å². The molecule has 83 heavy (non-hydrogen) atoms. The van der Waals surface area contributed by atoms with Gasteiger partial charge in [0, 0.05) is 75.8 Å². The SMILES string of the molecule is C=C(C)C(=O)OCCOC(=O)NCCCCCCNC(=O)OCC(COC(=O)NCCCCCCNC(=O)OCCOC(=O)C(=C)C)(COC(=O)NCCCCCCNC(=O)OCCOC(=O)C(=C)C)COC(=O)c1ccc(N(C)C)cc1. The van der Waals surface area contributed by atoms with Crippen LogP contribution in [0.3, 0.4) is 0 Å². The van der Waals surface area contributed by atoms with Crippen molar-refractivity contribution >= 4 is 66.1 Å². The summed E-state index contributed by atoms with van der Waals surface area (Å²) < 4.78 is 52.1. The quantitative estimate of drug-likeness (QED) is 0.0181. The molecule has 0 heterocycles. The Morgan fingerprint density at radius 2 is 0.602 bits per heavy atom. The molecule has 0 bridgehead atoms. The normalized spacial score (nSPS) is 10.5. The largest absolute Gasteiger partial charge is 0.461 e. The van der Waals surface area contributed by atoms with Gasteiger partial charge < -0.3 is 84.2 Å². The van der Waals surface area contributed by atoms with E-state index in [0.29, 0.717) is 96.7 Å². The van der Waals surface area contributed by atoms with Crippen LogP contribution in [0.25, 0.3) is 0 Å². The number of benzene rings is 1. The number of unbranched alkanes of at least 4 members (excludes halogenated alkanes) is 9. The van der Waals surface area contributed by atoms with Gasteiger partial charge in [0.1, 0.15) is 71.5 Å². The van der Waals surface area contributed by atoms with Crippen LogP contribution in [0.15, 0.2) is 60.7 Å². The van der Waals surface area contributed by atoms with E-state index in [1.807, 2.05) is 19.0 Å². The predicted molar refractivity (Wildman–Crippen MR) is 302 cm³/mol. The Bertz CT molecular complexity index is 2040. The molecule has 0 atom stereocenters. The van der Waals surface area contributed by atoms with E-state index in [2.05, 4.69) is 51.6 Å². The summed E-state index contributed by atoms with van der Waals surface area (Å²) in [6.07, 6.45) is 3.06. The maximum atomic E-state index is 13.4. The summed E-state index contributed by atoms with van der Waals surface area (Å²) in [6.45, 7) is 13.7. The van der Waals surface area contributed by atoms with Gasteiger partial charge >= 0.3 is 60.4 Å². The van der Waals surface area contributed by atoms with E-state index < -0.39 is 92.3 Å². The molecule has 0 aromatic heterocycles. The first kappa shape index (κ1) is 72.8. The lowest BCUT2D eigenvalue weighted by Crippen LogP contribution is -2.46. The molecule has 27 heteroatoms. The minimum absolute atomic E-state index is 0.103. The third kappa shape index (κ3) is 38.1. The molecule has 6 N–H and O–H groups in total. The summed E-state index contributed by atoms with van der Waals surface area (Å²) in [5.74, 6) is -2.50. The lowest BCUT2D eigenvalue weighted by atomic mass is 9.92. The van der Waals surface area contributed by atoms with Crippen LogP contribution in [0, 0.1) is 5.41 Å². The number of alkyl carbamates (subject to hydrolysis) is 6. The molecular formula is C56H87N7O20. The fourth-order valence-electron chi connectivity index (χ4n) is 6.54. The smallest absolute Gasteiger partial charge is 0.407 e. The molecule has 1 aromatic rings. The highest BCUT2D eigenvalue weighted by Crippen LogP contribution is 2.23. The van der Waals surface area contributed by atoms with Crippen molar-refractivity contribution < 1.29 is 95.3 Å². The van der Waals surface area contributed by atoms with Crippen molar-refractivity contribution in [2.45, 2.75) is 97.8 Å². The monoisotopic (exact) mass is 1180 g/mol. The summed E-state index contributed by atoms with van der Waals surface area (Å²) in [5, 5.41) is 15.8. The Morgan fingerprint density at radius 3 is 0.855 bits per heavy atom. The minimum atomic E-state index is -1.62. The maximum Gasteiger partial charge on any atom is 0.407 e. The maximum absolute atomic E-state index is 13.4. The minimum Gasteiger partial charge on any atom is -0.461 e. The first-order chi connectivity index (χ1) is 39.6. The molecule has 0 aliphatic rings. The Kier molecular flexibility index (Phi) is 38.9. The first-order valence-electron chi connectivity index (χ1n) is 27.5. The number of hydrogen-bond acceptors (Lipinski definition) is 21. The second kappa shape index (κ2) is 44.4. The molecule has 6 amide bonds. The molecule has 27 nitrogen and oxygen atoms in total. The lowest BCUT2D eigenvalue weighted by molar-refractivity contribution is -0.140. The number of ether oxygens (including phenoxy) is 10. The number of carbonyl (C=O) groups is 10. The molecule has 0 saturated carbocycles. The number of amides is 6. The molecule has 0 spiro atoms. The zero-order valence-corrected chi connectivity index (χ0v) is 48.8. The summed E-state index contributed by atoms with van der Waals surface area (Å²) in [4.78, 5) is 125. The molecule has 0 fully saturated rings. The highest BCUT2D eigenvalue weighted by atomic mass is 16.6. The van der Waals surface area contributed by atoms with E-state index >= 15 is 0 Å². The zero-order chi connectivity index (χ0) is 61.7. The van der Waals surface area contributed by atoms with Crippen LogP contribution in [0.4, 0.5) is 34.5 Å². The Hall–Kier alpha value is -8.26. The molecule has 0 unspecified atom stereocenters. The standard InChI is InChI=1S/C56H87N7O20/c1-41(2)46(64)74-31-34-77-50(68)57-25-15-9-12-18-28-60-53(71)81-38-56(37-80-49(67)44-21-23-45(24-22-44)63(7)8,39-82-54(72)61-29-19-13-10-16-26-58-51(69)78-35-32-75-47(65)42(3)4)40-83-55(73)62-30-20-14-11-17-27-59-52(70)79-36-33-76-48(66)43(5)6/h21-24H,1,3,5,9-20,25-40H2,2,4,6-8H3,(H,57,68)(H,58,69)(H,59,70)(H,60,71)(H,61,72)(H,62,73). The van der Waals surface area contributed by atoms with Gasteiger partial charge in [-0.1, -0.05) is 58.3 Å². The fourth-order valence-corrected chi connectivity index (χ4v) is 6.54. The number of nitrogens with zero attached hydrogens (tertiary/aromatic N) is 1.